The zero-order chi connectivity index (χ0) is 22.4. The number of carbonyl (C=O) groups excluding carboxylic acids is 2. The number of hydrogen-bond acceptors (Lipinski definition) is 4. The van der Waals surface area contributed by atoms with E-state index in [-0.39, 0.29) is 17.3 Å². The minimum Gasteiger partial charge on any atom is -0.506 e. The SMILES string of the molecule is O=C1CCCC2=C1C(c1cc(Br)cc(Br)c1O)C1=C(CCCC1=O)N2Cc1ccccc1. The van der Waals surface area contributed by atoms with Crippen LogP contribution in [0.4, 0.5) is 0 Å². The average Bonchev–Trinajstić information content (AvgIpc) is 2.78. The third-order valence-corrected chi connectivity index (χ3v) is 7.70. The van der Waals surface area contributed by atoms with E-state index in [0.717, 1.165) is 47.1 Å². The molecule has 0 unspecified atom stereocenters. The third-order valence-electron chi connectivity index (χ3n) is 6.64. The number of carbonyl (C=O) groups is 2. The summed E-state index contributed by atoms with van der Waals surface area (Å²) >= 11 is 6.96. The van der Waals surface area contributed by atoms with Crippen LogP contribution in [0.15, 0.2) is 74.0 Å². The van der Waals surface area contributed by atoms with Gasteiger partial charge in [0, 0.05) is 57.9 Å². The highest BCUT2D eigenvalue weighted by Crippen LogP contribution is 2.52. The lowest BCUT2D eigenvalue weighted by Crippen LogP contribution is -2.38. The fourth-order valence-corrected chi connectivity index (χ4v) is 6.55. The van der Waals surface area contributed by atoms with E-state index in [9.17, 15) is 14.7 Å². The number of ketones is 2. The molecule has 0 saturated heterocycles. The van der Waals surface area contributed by atoms with Crippen LogP contribution >= 0.6 is 31.9 Å². The highest BCUT2D eigenvalue weighted by molar-refractivity contribution is 9.11. The second-order valence-corrected chi connectivity index (χ2v) is 10.4. The van der Waals surface area contributed by atoms with Crippen LogP contribution in [0.2, 0.25) is 0 Å². The van der Waals surface area contributed by atoms with Gasteiger partial charge in [0.25, 0.3) is 0 Å². The average molecular weight is 557 g/mol. The molecule has 2 aliphatic carbocycles. The van der Waals surface area contributed by atoms with Gasteiger partial charge in [-0.1, -0.05) is 46.3 Å². The molecule has 1 aliphatic heterocycles. The van der Waals surface area contributed by atoms with E-state index in [0.29, 0.717) is 40.6 Å². The fraction of sp³-hybridized carbons (Fsp3) is 0.308. The van der Waals surface area contributed by atoms with Gasteiger partial charge in [0.05, 0.1) is 4.47 Å². The minimum absolute atomic E-state index is 0.0785. The second-order valence-electron chi connectivity index (χ2n) is 8.60. The summed E-state index contributed by atoms with van der Waals surface area (Å²) in [6.07, 6.45) is 4.15. The normalized spacial score (nSPS) is 19.4. The van der Waals surface area contributed by atoms with Crippen LogP contribution in [-0.2, 0) is 16.1 Å². The van der Waals surface area contributed by atoms with Gasteiger partial charge in [-0.2, -0.15) is 0 Å². The molecule has 4 nitrogen and oxygen atoms in total. The number of nitrogens with zero attached hydrogens (tertiary/aromatic N) is 1. The molecule has 2 aromatic carbocycles. The summed E-state index contributed by atoms with van der Waals surface area (Å²) in [6.45, 7) is 0.639. The fourth-order valence-electron chi connectivity index (χ4n) is 5.29. The lowest BCUT2D eigenvalue weighted by molar-refractivity contribution is -0.117. The van der Waals surface area contributed by atoms with E-state index >= 15 is 0 Å². The zero-order valence-electron chi connectivity index (χ0n) is 17.5. The monoisotopic (exact) mass is 555 g/mol. The Kier molecular flexibility index (Phi) is 5.84. The number of phenolic OH excluding ortho intramolecular Hbond substituents is 1. The van der Waals surface area contributed by atoms with Gasteiger partial charge in [-0.05, 0) is 59.3 Å². The third kappa shape index (κ3) is 3.67. The number of phenols is 1. The molecule has 1 N–H and O–H groups in total. The first-order valence-electron chi connectivity index (χ1n) is 11.0. The molecular formula is C26H23Br2NO3. The molecule has 32 heavy (non-hydrogen) atoms. The number of aromatic hydroxyl groups is 1. The molecule has 164 valence electrons. The lowest BCUT2D eigenvalue weighted by atomic mass is 9.70. The van der Waals surface area contributed by atoms with Crippen LogP contribution in [0.5, 0.6) is 5.75 Å². The molecular weight excluding hydrogens is 534 g/mol. The first-order chi connectivity index (χ1) is 15.5. The second kappa shape index (κ2) is 8.64. The molecule has 1 heterocycles. The lowest BCUT2D eigenvalue weighted by Gasteiger charge is -2.44. The topological polar surface area (TPSA) is 57.6 Å². The van der Waals surface area contributed by atoms with Crippen molar-refractivity contribution in [3.05, 3.63) is 85.1 Å². The number of hydrogen-bond donors (Lipinski definition) is 1. The maximum Gasteiger partial charge on any atom is 0.161 e. The summed E-state index contributed by atoms with van der Waals surface area (Å²) in [5.41, 5.74) is 5.14. The van der Waals surface area contributed by atoms with Crippen LogP contribution in [0, 0.1) is 0 Å². The molecule has 5 rings (SSSR count). The molecule has 0 atom stereocenters. The number of benzene rings is 2. The summed E-state index contributed by atoms with van der Waals surface area (Å²) in [4.78, 5) is 28.9. The molecule has 0 spiro atoms. The number of allylic oxidation sites excluding steroid dienone is 4. The molecule has 6 heteroatoms. The number of rotatable bonds is 3. The van der Waals surface area contributed by atoms with Gasteiger partial charge in [0.2, 0.25) is 0 Å². The summed E-state index contributed by atoms with van der Waals surface area (Å²) in [7, 11) is 0. The van der Waals surface area contributed by atoms with Crippen LogP contribution in [-0.4, -0.2) is 21.6 Å². The van der Waals surface area contributed by atoms with Crippen molar-refractivity contribution in [2.75, 3.05) is 0 Å². The Balaban J connectivity index is 1.75. The molecule has 3 aliphatic rings. The Hall–Kier alpha value is -2.18. The predicted molar refractivity (Wildman–Crippen MR) is 130 cm³/mol. The van der Waals surface area contributed by atoms with E-state index in [4.69, 9.17) is 0 Å². The molecule has 0 radical (unpaired) electrons. The molecule has 0 amide bonds. The van der Waals surface area contributed by atoms with Gasteiger partial charge in [-0.3, -0.25) is 9.59 Å². The summed E-state index contributed by atoms with van der Waals surface area (Å²) in [5.74, 6) is -0.281. The number of halogens is 2. The van der Waals surface area contributed by atoms with Crippen LogP contribution in [0.25, 0.3) is 0 Å². The van der Waals surface area contributed by atoms with Crippen molar-refractivity contribution in [2.45, 2.75) is 51.0 Å². The standard InChI is InChI=1S/C26H23Br2NO3/c27-16-12-17(26(32)18(28)13-16)23-24-19(8-4-10-21(24)30)29(14-15-6-2-1-3-7-15)20-9-5-11-22(31)25(20)23/h1-3,6-7,12-13,23,32H,4-5,8-11,14H2. The van der Waals surface area contributed by atoms with Crippen molar-refractivity contribution in [3.8, 4) is 5.75 Å². The predicted octanol–water partition coefficient (Wildman–Crippen LogP) is 6.53. The quantitative estimate of drug-likeness (QED) is 0.467. The van der Waals surface area contributed by atoms with Gasteiger partial charge >= 0.3 is 0 Å². The Morgan fingerprint density at radius 1 is 0.875 bits per heavy atom. The Bertz CT molecular complexity index is 1140. The highest BCUT2D eigenvalue weighted by atomic mass is 79.9. The van der Waals surface area contributed by atoms with E-state index in [1.807, 2.05) is 24.3 Å². The number of Topliss-reactive ketones (excluding diaryl/α,β-unsaturated/α-hetero) is 2. The van der Waals surface area contributed by atoms with E-state index < -0.39 is 5.92 Å². The van der Waals surface area contributed by atoms with Gasteiger partial charge in [-0.25, -0.2) is 0 Å². The van der Waals surface area contributed by atoms with Gasteiger partial charge in [0.1, 0.15) is 5.75 Å². The Morgan fingerprint density at radius 3 is 2.06 bits per heavy atom. The molecule has 0 fully saturated rings. The van der Waals surface area contributed by atoms with Crippen molar-refractivity contribution in [1.29, 1.82) is 0 Å². The van der Waals surface area contributed by atoms with Crippen molar-refractivity contribution < 1.29 is 14.7 Å². The van der Waals surface area contributed by atoms with Crippen molar-refractivity contribution >= 4 is 43.4 Å². The largest absolute Gasteiger partial charge is 0.506 e. The van der Waals surface area contributed by atoms with Crippen LogP contribution in [0.1, 0.15) is 55.6 Å². The van der Waals surface area contributed by atoms with Crippen molar-refractivity contribution in [2.24, 2.45) is 0 Å². The molecule has 0 bridgehead atoms. The summed E-state index contributed by atoms with van der Waals surface area (Å²) < 4.78 is 1.34. The molecule has 2 aromatic rings. The molecule has 0 saturated carbocycles. The van der Waals surface area contributed by atoms with E-state index in [1.165, 1.54) is 0 Å². The van der Waals surface area contributed by atoms with Crippen molar-refractivity contribution in [3.63, 3.8) is 0 Å². The first kappa shape index (κ1) is 21.7. The van der Waals surface area contributed by atoms with E-state index in [1.54, 1.807) is 6.07 Å². The maximum atomic E-state index is 13.3. The van der Waals surface area contributed by atoms with Gasteiger partial charge < -0.3 is 10.0 Å². The highest BCUT2D eigenvalue weighted by Gasteiger charge is 2.44. The first-order valence-corrected chi connectivity index (χ1v) is 12.6. The Labute approximate surface area is 204 Å². The van der Waals surface area contributed by atoms with E-state index in [2.05, 4.69) is 48.9 Å². The maximum absolute atomic E-state index is 13.3. The van der Waals surface area contributed by atoms with Crippen molar-refractivity contribution in [1.82, 2.24) is 4.90 Å². The molecule has 0 aromatic heterocycles. The van der Waals surface area contributed by atoms with Crippen LogP contribution in [0.3, 0.4) is 0 Å². The van der Waals surface area contributed by atoms with Gasteiger partial charge in [0.15, 0.2) is 11.6 Å². The van der Waals surface area contributed by atoms with Gasteiger partial charge in [-0.15, -0.1) is 0 Å². The minimum atomic E-state index is -0.526. The summed E-state index contributed by atoms with van der Waals surface area (Å²) in [5, 5.41) is 11.0. The van der Waals surface area contributed by atoms with Crippen LogP contribution < -0.4 is 0 Å². The Morgan fingerprint density at radius 2 is 1.47 bits per heavy atom. The summed E-state index contributed by atoms with van der Waals surface area (Å²) in [6, 6.07) is 13.8. The zero-order valence-corrected chi connectivity index (χ0v) is 20.7. The smallest absolute Gasteiger partial charge is 0.161 e.